The Morgan fingerprint density at radius 3 is 1.61 bits per heavy atom. The van der Waals surface area contributed by atoms with Crippen LogP contribution in [0.25, 0.3) is 0 Å². The molecular weight excluding hydrogens is 376 g/mol. The number of carboxylic acids is 2. The predicted molar refractivity (Wildman–Crippen MR) is 91.1 cm³/mol. The lowest BCUT2D eigenvalue weighted by molar-refractivity contribution is -0.158. The smallest absolute Gasteiger partial charge is 0.387 e. The molecule has 2 N–H and O–H groups in total. The van der Waals surface area contributed by atoms with E-state index in [2.05, 4.69) is 0 Å². The highest BCUT2D eigenvalue weighted by Crippen LogP contribution is 2.37. The molecule has 0 radical (unpaired) electrons. The molecule has 10 nitrogen and oxygen atoms in total. The van der Waals surface area contributed by atoms with Gasteiger partial charge in [-0.2, -0.15) is 0 Å². The molecule has 0 saturated heterocycles. The molecule has 0 spiro atoms. The van der Waals surface area contributed by atoms with Gasteiger partial charge in [0, 0.05) is 19.1 Å². The minimum absolute atomic E-state index is 0.120. The van der Waals surface area contributed by atoms with Crippen LogP contribution in [0.1, 0.15) is 6.92 Å². The number of rotatable bonds is 5. The summed E-state index contributed by atoms with van der Waals surface area (Å²) in [6, 6.07) is 9.51. The van der Waals surface area contributed by atoms with Gasteiger partial charge in [0.1, 0.15) is 11.5 Å². The summed E-state index contributed by atoms with van der Waals surface area (Å²) in [5, 5.41) is 16.7. The molecule has 0 bridgehead atoms. The van der Waals surface area contributed by atoms with Crippen molar-refractivity contribution in [3.05, 3.63) is 36.4 Å². The van der Waals surface area contributed by atoms with Crippen molar-refractivity contribution in [2.24, 2.45) is 0 Å². The Morgan fingerprint density at radius 2 is 1.21 bits per heavy atom. The van der Waals surface area contributed by atoms with Gasteiger partial charge in [0.25, 0.3) is 5.97 Å². The standard InChI is InChI=1S/C16H12O8.C2H4O2/c17-15(18)16(23-9-1-3-11-13(5-9)21-7-19-11)24-10-2-4-12-14(6-10)22-8-20-12;1-2(3)4/h1-6,16H,7-8H2,(H,17,18);1H3,(H,3,4). The van der Waals surface area contributed by atoms with Crippen molar-refractivity contribution in [3.63, 3.8) is 0 Å². The van der Waals surface area contributed by atoms with E-state index in [0.29, 0.717) is 23.0 Å². The zero-order valence-corrected chi connectivity index (χ0v) is 14.6. The van der Waals surface area contributed by atoms with E-state index in [0.717, 1.165) is 6.92 Å². The largest absolute Gasteiger partial charge is 0.481 e. The average Bonchev–Trinajstić information content (AvgIpc) is 3.28. The molecule has 0 atom stereocenters. The Hall–Kier alpha value is -3.82. The van der Waals surface area contributed by atoms with Crippen LogP contribution in [0, 0.1) is 0 Å². The molecule has 2 aliphatic heterocycles. The molecule has 4 rings (SSSR count). The zero-order chi connectivity index (χ0) is 20.1. The monoisotopic (exact) mass is 392 g/mol. The van der Waals surface area contributed by atoms with Gasteiger partial charge in [0.15, 0.2) is 23.0 Å². The van der Waals surface area contributed by atoms with Crippen LogP contribution in [0.4, 0.5) is 0 Å². The quantitative estimate of drug-likeness (QED) is 0.730. The van der Waals surface area contributed by atoms with Crippen molar-refractivity contribution in [1.29, 1.82) is 0 Å². The maximum absolute atomic E-state index is 11.4. The highest BCUT2D eigenvalue weighted by atomic mass is 16.7. The maximum Gasteiger partial charge on any atom is 0.387 e. The second kappa shape index (κ2) is 8.25. The van der Waals surface area contributed by atoms with Gasteiger partial charge in [-0.15, -0.1) is 0 Å². The van der Waals surface area contributed by atoms with Gasteiger partial charge in [0.05, 0.1) is 0 Å². The second-order valence-corrected chi connectivity index (χ2v) is 5.46. The highest BCUT2D eigenvalue weighted by molar-refractivity contribution is 5.71. The molecule has 28 heavy (non-hydrogen) atoms. The first-order valence-electron chi connectivity index (χ1n) is 7.97. The van der Waals surface area contributed by atoms with Crippen LogP contribution >= 0.6 is 0 Å². The minimum atomic E-state index is -1.54. The number of carboxylic acid groups (broad SMARTS) is 2. The van der Waals surface area contributed by atoms with Crippen LogP contribution < -0.4 is 28.4 Å². The van der Waals surface area contributed by atoms with Crippen molar-refractivity contribution in [2.75, 3.05) is 13.6 Å². The fourth-order valence-electron chi connectivity index (χ4n) is 2.27. The molecule has 2 heterocycles. The summed E-state index contributed by atoms with van der Waals surface area (Å²) in [5.74, 6) is 0.585. The second-order valence-electron chi connectivity index (χ2n) is 5.46. The Labute approximate surface area is 158 Å². The first-order valence-corrected chi connectivity index (χ1v) is 7.97. The van der Waals surface area contributed by atoms with Gasteiger partial charge >= 0.3 is 12.3 Å². The van der Waals surface area contributed by atoms with E-state index in [1.807, 2.05) is 0 Å². The Kier molecular flexibility index (Phi) is 5.58. The lowest BCUT2D eigenvalue weighted by Gasteiger charge is -2.17. The fourth-order valence-corrected chi connectivity index (χ4v) is 2.27. The summed E-state index contributed by atoms with van der Waals surface area (Å²) in [6.07, 6.45) is -1.54. The molecule has 2 aliphatic rings. The van der Waals surface area contributed by atoms with Crippen LogP contribution in [0.15, 0.2) is 36.4 Å². The molecule has 0 unspecified atom stereocenters. The molecular formula is C18H16O10. The van der Waals surface area contributed by atoms with Gasteiger partial charge in [0.2, 0.25) is 13.6 Å². The van der Waals surface area contributed by atoms with E-state index < -0.39 is 18.2 Å². The molecule has 0 amide bonds. The number of aliphatic carboxylic acids is 2. The van der Waals surface area contributed by atoms with E-state index in [1.165, 1.54) is 0 Å². The topological polar surface area (TPSA) is 130 Å². The van der Waals surface area contributed by atoms with E-state index in [4.69, 9.17) is 38.3 Å². The molecule has 0 aromatic heterocycles. The number of benzene rings is 2. The Balaban J connectivity index is 0.000000516. The highest BCUT2D eigenvalue weighted by Gasteiger charge is 2.24. The number of hydrogen-bond donors (Lipinski definition) is 2. The van der Waals surface area contributed by atoms with E-state index in [9.17, 15) is 9.90 Å². The van der Waals surface area contributed by atoms with Gasteiger partial charge in [-0.25, -0.2) is 4.79 Å². The molecule has 2 aromatic carbocycles. The number of carbonyl (C=O) groups is 2. The molecule has 0 saturated carbocycles. The molecule has 10 heteroatoms. The summed E-state index contributed by atoms with van der Waals surface area (Å²) in [4.78, 5) is 20.4. The zero-order valence-electron chi connectivity index (χ0n) is 14.6. The lowest BCUT2D eigenvalue weighted by Crippen LogP contribution is -2.33. The van der Waals surface area contributed by atoms with Crippen LogP contribution in [-0.4, -0.2) is 42.0 Å². The third kappa shape index (κ3) is 4.67. The van der Waals surface area contributed by atoms with Crippen molar-refractivity contribution in [3.8, 4) is 34.5 Å². The fraction of sp³-hybridized carbons (Fsp3) is 0.222. The first kappa shape index (κ1) is 19.0. The molecule has 0 aliphatic carbocycles. The maximum atomic E-state index is 11.4. The van der Waals surface area contributed by atoms with Gasteiger partial charge < -0.3 is 38.6 Å². The van der Waals surface area contributed by atoms with E-state index in [1.54, 1.807) is 36.4 Å². The minimum Gasteiger partial charge on any atom is -0.481 e. The normalized spacial score (nSPS) is 12.8. The number of ether oxygens (including phenoxy) is 6. The predicted octanol–water partition coefficient (Wildman–Crippen LogP) is 2.10. The van der Waals surface area contributed by atoms with Crippen LogP contribution in [0.3, 0.4) is 0 Å². The number of fused-ring (bicyclic) bond motifs is 2. The van der Waals surface area contributed by atoms with Crippen LogP contribution in [-0.2, 0) is 9.59 Å². The summed E-state index contributed by atoms with van der Waals surface area (Å²) >= 11 is 0. The van der Waals surface area contributed by atoms with Gasteiger partial charge in [-0.05, 0) is 24.3 Å². The summed E-state index contributed by atoms with van der Waals surface area (Å²) in [7, 11) is 0. The molecule has 2 aromatic rings. The number of hydrogen-bond acceptors (Lipinski definition) is 8. The Bertz CT molecular complexity index is 815. The lowest BCUT2D eigenvalue weighted by atomic mass is 10.3. The first-order chi connectivity index (χ1) is 13.4. The van der Waals surface area contributed by atoms with E-state index >= 15 is 0 Å². The van der Waals surface area contributed by atoms with E-state index in [-0.39, 0.29) is 25.1 Å². The summed E-state index contributed by atoms with van der Waals surface area (Å²) in [5.41, 5.74) is 0. The van der Waals surface area contributed by atoms with Crippen molar-refractivity contribution >= 4 is 11.9 Å². The molecule has 148 valence electrons. The SMILES string of the molecule is CC(=O)O.O=C(O)C(Oc1ccc2c(c1)OCO2)Oc1ccc2c(c1)OCO2. The summed E-state index contributed by atoms with van der Waals surface area (Å²) in [6.45, 7) is 1.32. The Morgan fingerprint density at radius 1 is 0.821 bits per heavy atom. The van der Waals surface area contributed by atoms with Crippen LogP contribution in [0.5, 0.6) is 34.5 Å². The summed E-state index contributed by atoms with van der Waals surface area (Å²) < 4.78 is 31.6. The molecule has 0 fully saturated rings. The van der Waals surface area contributed by atoms with Gasteiger partial charge in [-0.3, -0.25) is 4.79 Å². The third-order valence-corrected chi connectivity index (χ3v) is 3.38. The van der Waals surface area contributed by atoms with Crippen LogP contribution in [0.2, 0.25) is 0 Å². The van der Waals surface area contributed by atoms with Crippen molar-refractivity contribution in [1.82, 2.24) is 0 Å². The van der Waals surface area contributed by atoms with Gasteiger partial charge in [-0.1, -0.05) is 0 Å². The third-order valence-electron chi connectivity index (χ3n) is 3.38. The van der Waals surface area contributed by atoms with Crippen molar-refractivity contribution in [2.45, 2.75) is 13.2 Å². The average molecular weight is 392 g/mol. The van der Waals surface area contributed by atoms with Crippen molar-refractivity contribution < 1.29 is 48.2 Å².